The van der Waals surface area contributed by atoms with E-state index in [1.807, 2.05) is 6.92 Å². The van der Waals surface area contributed by atoms with Gasteiger partial charge in [-0.2, -0.15) is 0 Å². The summed E-state index contributed by atoms with van der Waals surface area (Å²) in [7, 11) is -2.17. The molecule has 0 aliphatic heterocycles. The average molecular weight is 286 g/mol. The molecule has 0 saturated heterocycles. The number of nitrogens with two attached hydrogens (primary N) is 1. The molecule has 0 radical (unpaired) electrons. The molecule has 0 spiro atoms. The van der Waals surface area contributed by atoms with Gasteiger partial charge in [0.25, 0.3) is 0 Å². The summed E-state index contributed by atoms with van der Waals surface area (Å²) in [6.07, 6.45) is 0.988. The summed E-state index contributed by atoms with van der Waals surface area (Å²) in [5.41, 5.74) is 5.94. The van der Waals surface area contributed by atoms with Crippen molar-refractivity contribution in [1.82, 2.24) is 4.72 Å². The zero-order valence-corrected chi connectivity index (χ0v) is 12.6. The third kappa shape index (κ3) is 4.40. The summed E-state index contributed by atoms with van der Waals surface area (Å²) >= 11 is 0. The first kappa shape index (κ1) is 15.8. The van der Waals surface area contributed by atoms with Crippen LogP contribution in [0.3, 0.4) is 0 Å². The van der Waals surface area contributed by atoms with Crippen LogP contribution in [-0.2, 0) is 10.0 Å². The first-order valence-corrected chi connectivity index (χ1v) is 7.74. The number of nitrogen functional groups attached to an aromatic ring is 1. The Kier molecular flexibility index (Phi) is 5.20. The monoisotopic (exact) mass is 286 g/mol. The number of nitrogens with one attached hydrogen (secondary N) is 1. The molecule has 0 aromatic heterocycles. The number of benzene rings is 1. The molecule has 1 rings (SSSR count). The van der Waals surface area contributed by atoms with E-state index in [4.69, 9.17) is 10.5 Å². The minimum Gasteiger partial charge on any atom is -0.491 e. The van der Waals surface area contributed by atoms with Crippen LogP contribution < -0.4 is 15.2 Å². The molecule has 0 heterocycles. The zero-order chi connectivity index (χ0) is 14.6. The molecular weight excluding hydrogens is 264 g/mol. The lowest BCUT2D eigenvalue weighted by Crippen LogP contribution is -2.20. The maximum absolute atomic E-state index is 11.7. The highest BCUT2D eigenvalue weighted by Gasteiger charge is 2.16. The van der Waals surface area contributed by atoms with Crippen molar-refractivity contribution in [2.24, 2.45) is 5.92 Å². The highest BCUT2D eigenvalue weighted by molar-refractivity contribution is 7.89. The zero-order valence-electron chi connectivity index (χ0n) is 11.8. The van der Waals surface area contributed by atoms with Crippen molar-refractivity contribution in [3.05, 3.63) is 18.2 Å². The van der Waals surface area contributed by atoms with Gasteiger partial charge in [0.1, 0.15) is 10.6 Å². The first-order chi connectivity index (χ1) is 8.76. The van der Waals surface area contributed by atoms with E-state index in [0.29, 0.717) is 11.7 Å². The standard InChI is InChI=1S/C13H22N2O3S/c1-9(2)7-10(3)18-11-5-6-13(12(14)8-11)19(16,17)15-4/h5-6,8-10,15H,7,14H2,1-4H3. The molecule has 19 heavy (non-hydrogen) atoms. The summed E-state index contributed by atoms with van der Waals surface area (Å²) in [4.78, 5) is 0.0684. The molecule has 0 aliphatic rings. The lowest BCUT2D eigenvalue weighted by Gasteiger charge is -2.17. The normalized spacial score (nSPS) is 13.5. The molecule has 0 saturated carbocycles. The van der Waals surface area contributed by atoms with E-state index >= 15 is 0 Å². The number of rotatable bonds is 6. The van der Waals surface area contributed by atoms with Gasteiger partial charge < -0.3 is 10.5 Å². The predicted octanol–water partition coefficient (Wildman–Crippen LogP) is 1.99. The van der Waals surface area contributed by atoms with E-state index in [9.17, 15) is 8.42 Å². The summed E-state index contributed by atoms with van der Waals surface area (Å²) < 4.78 is 31.3. The molecule has 1 unspecified atom stereocenters. The van der Waals surface area contributed by atoms with Gasteiger partial charge >= 0.3 is 0 Å². The largest absolute Gasteiger partial charge is 0.491 e. The molecule has 0 bridgehead atoms. The molecule has 0 amide bonds. The second-order valence-electron chi connectivity index (χ2n) is 4.97. The van der Waals surface area contributed by atoms with E-state index in [1.54, 1.807) is 12.1 Å². The van der Waals surface area contributed by atoms with Gasteiger partial charge in [-0.05, 0) is 38.4 Å². The number of anilines is 1. The minimum atomic E-state index is -3.52. The Morgan fingerprint density at radius 1 is 1.32 bits per heavy atom. The fourth-order valence-corrected chi connectivity index (χ4v) is 2.74. The van der Waals surface area contributed by atoms with Crippen LogP contribution >= 0.6 is 0 Å². The molecular formula is C13H22N2O3S. The van der Waals surface area contributed by atoms with Crippen LogP contribution in [0.2, 0.25) is 0 Å². The van der Waals surface area contributed by atoms with Gasteiger partial charge in [-0.15, -0.1) is 0 Å². The van der Waals surface area contributed by atoms with E-state index < -0.39 is 10.0 Å². The van der Waals surface area contributed by atoms with Gasteiger partial charge in [0.05, 0.1) is 11.8 Å². The molecule has 1 atom stereocenters. The van der Waals surface area contributed by atoms with E-state index in [-0.39, 0.29) is 16.7 Å². The van der Waals surface area contributed by atoms with Crippen LogP contribution in [0.15, 0.2) is 23.1 Å². The topological polar surface area (TPSA) is 81.4 Å². The van der Waals surface area contributed by atoms with Crippen LogP contribution in [0.5, 0.6) is 5.75 Å². The average Bonchev–Trinajstić information content (AvgIpc) is 2.27. The molecule has 0 aliphatic carbocycles. The van der Waals surface area contributed by atoms with Gasteiger partial charge in [-0.1, -0.05) is 13.8 Å². The Morgan fingerprint density at radius 3 is 2.42 bits per heavy atom. The predicted molar refractivity (Wildman–Crippen MR) is 76.6 cm³/mol. The maximum atomic E-state index is 11.7. The summed E-state index contributed by atoms with van der Waals surface area (Å²) in [5, 5.41) is 0. The van der Waals surface area contributed by atoms with Gasteiger partial charge in [0, 0.05) is 6.07 Å². The fraction of sp³-hybridized carbons (Fsp3) is 0.538. The van der Waals surface area contributed by atoms with Crippen LogP contribution in [-0.4, -0.2) is 21.6 Å². The Bertz CT molecular complexity index is 527. The van der Waals surface area contributed by atoms with Crippen molar-refractivity contribution in [2.75, 3.05) is 12.8 Å². The van der Waals surface area contributed by atoms with Crippen molar-refractivity contribution in [2.45, 2.75) is 38.2 Å². The fourth-order valence-electron chi connectivity index (χ4n) is 1.90. The lowest BCUT2D eigenvalue weighted by atomic mass is 10.1. The van der Waals surface area contributed by atoms with Crippen LogP contribution in [0.25, 0.3) is 0 Å². The summed E-state index contributed by atoms with van der Waals surface area (Å²) in [6, 6.07) is 4.62. The van der Waals surface area contributed by atoms with Crippen molar-refractivity contribution in [3.8, 4) is 5.75 Å². The molecule has 1 aromatic rings. The molecule has 1 aromatic carbocycles. The smallest absolute Gasteiger partial charge is 0.242 e. The summed E-state index contributed by atoms with van der Waals surface area (Å²) in [6.45, 7) is 6.22. The van der Waals surface area contributed by atoms with Crippen molar-refractivity contribution < 1.29 is 13.2 Å². The lowest BCUT2D eigenvalue weighted by molar-refractivity contribution is 0.193. The molecule has 3 N–H and O–H groups in total. The molecule has 0 fully saturated rings. The Hall–Kier alpha value is -1.27. The van der Waals surface area contributed by atoms with Crippen LogP contribution in [0, 0.1) is 5.92 Å². The van der Waals surface area contributed by atoms with Gasteiger partial charge in [0.15, 0.2) is 0 Å². The molecule has 108 valence electrons. The van der Waals surface area contributed by atoms with Crippen LogP contribution in [0.4, 0.5) is 5.69 Å². The summed E-state index contributed by atoms with van der Waals surface area (Å²) in [5.74, 6) is 1.12. The van der Waals surface area contributed by atoms with Crippen molar-refractivity contribution >= 4 is 15.7 Å². The van der Waals surface area contributed by atoms with Crippen molar-refractivity contribution in [3.63, 3.8) is 0 Å². The van der Waals surface area contributed by atoms with Gasteiger partial charge in [0.2, 0.25) is 10.0 Å². The van der Waals surface area contributed by atoms with Gasteiger partial charge in [-0.3, -0.25) is 0 Å². The SMILES string of the molecule is CNS(=O)(=O)c1ccc(OC(C)CC(C)C)cc1N. The quantitative estimate of drug-likeness (QED) is 0.784. The number of hydrogen-bond acceptors (Lipinski definition) is 4. The minimum absolute atomic E-state index is 0.0613. The second-order valence-corrected chi connectivity index (χ2v) is 6.82. The second kappa shape index (κ2) is 6.25. The Balaban J connectivity index is 2.89. The molecule has 5 nitrogen and oxygen atoms in total. The Labute approximate surface area is 115 Å². The van der Waals surface area contributed by atoms with E-state index in [2.05, 4.69) is 18.6 Å². The Morgan fingerprint density at radius 2 is 1.95 bits per heavy atom. The maximum Gasteiger partial charge on any atom is 0.242 e. The number of sulfonamides is 1. The highest BCUT2D eigenvalue weighted by Crippen LogP contribution is 2.25. The van der Waals surface area contributed by atoms with E-state index in [1.165, 1.54) is 13.1 Å². The first-order valence-electron chi connectivity index (χ1n) is 6.26. The van der Waals surface area contributed by atoms with Crippen molar-refractivity contribution in [1.29, 1.82) is 0 Å². The molecule has 6 heteroatoms. The number of ether oxygens (including phenoxy) is 1. The van der Waals surface area contributed by atoms with E-state index in [0.717, 1.165) is 6.42 Å². The highest BCUT2D eigenvalue weighted by atomic mass is 32.2. The third-order valence-electron chi connectivity index (χ3n) is 2.68. The van der Waals surface area contributed by atoms with Crippen LogP contribution in [0.1, 0.15) is 27.2 Å². The van der Waals surface area contributed by atoms with Gasteiger partial charge in [-0.25, -0.2) is 13.1 Å². The number of hydrogen-bond donors (Lipinski definition) is 2. The third-order valence-corrected chi connectivity index (χ3v) is 4.17.